The van der Waals surface area contributed by atoms with Gasteiger partial charge in [-0.25, -0.2) is 0 Å². The Bertz CT molecular complexity index is 227. The second-order valence-electron chi connectivity index (χ2n) is 4.54. The van der Waals surface area contributed by atoms with Crippen molar-refractivity contribution in [2.75, 3.05) is 20.6 Å². The summed E-state index contributed by atoms with van der Waals surface area (Å²) >= 11 is 0. The van der Waals surface area contributed by atoms with Crippen molar-refractivity contribution in [1.82, 2.24) is 4.90 Å². The van der Waals surface area contributed by atoms with E-state index >= 15 is 0 Å². The van der Waals surface area contributed by atoms with Crippen LogP contribution >= 0.6 is 0 Å². The van der Waals surface area contributed by atoms with Gasteiger partial charge in [-0.3, -0.25) is 4.79 Å². The van der Waals surface area contributed by atoms with Gasteiger partial charge in [-0.2, -0.15) is 0 Å². The Balaban J connectivity index is 2.66. The first-order chi connectivity index (χ1) is 6.54. The number of hydrogen-bond donors (Lipinski definition) is 1. The average Bonchev–Trinajstić information content (AvgIpc) is 2.49. The molecule has 0 radical (unpaired) electrons. The van der Waals surface area contributed by atoms with E-state index in [1.54, 1.807) is 0 Å². The van der Waals surface area contributed by atoms with Crippen molar-refractivity contribution in [3.63, 3.8) is 0 Å². The summed E-state index contributed by atoms with van der Waals surface area (Å²) < 4.78 is 0. The number of hydrogen-bond acceptors (Lipinski definition) is 2. The Morgan fingerprint density at radius 2 is 2.00 bits per heavy atom. The van der Waals surface area contributed by atoms with Gasteiger partial charge in [0.05, 0.1) is 0 Å². The predicted molar refractivity (Wildman–Crippen MR) is 57.8 cm³/mol. The van der Waals surface area contributed by atoms with Crippen molar-refractivity contribution in [1.29, 1.82) is 0 Å². The lowest BCUT2D eigenvalue weighted by Gasteiger charge is -2.28. The van der Waals surface area contributed by atoms with E-state index < -0.39 is 0 Å². The zero-order valence-corrected chi connectivity index (χ0v) is 9.12. The molecule has 0 bridgehead atoms. The van der Waals surface area contributed by atoms with E-state index in [-0.39, 0.29) is 11.3 Å². The van der Waals surface area contributed by atoms with Crippen molar-refractivity contribution < 1.29 is 4.79 Å². The van der Waals surface area contributed by atoms with Crippen LogP contribution in [-0.2, 0) is 4.79 Å². The molecule has 3 heteroatoms. The standard InChI is InChI=1S/C11H20N2O/c1-13(2)9-11(6-3-4-7-11)8-5-10(12)14/h5,8H,3-4,6-7,9H2,1-2H3,(H2,12,14)/b8-5-. The first-order valence-corrected chi connectivity index (χ1v) is 5.17. The number of nitrogens with two attached hydrogens (primary N) is 1. The van der Waals surface area contributed by atoms with E-state index in [4.69, 9.17) is 5.73 Å². The van der Waals surface area contributed by atoms with Gasteiger partial charge in [0, 0.05) is 12.0 Å². The zero-order valence-electron chi connectivity index (χ0n) is 9.12. The SMILES string of the molecule is CN(C)CC1(/C=C\C(N)=O)CCCC1. The fourth-order valence-corrected chi connectivity index (χ4v) is 2.35. The molecule has 1 saturated carbocycles. The summed E-state index contributed by atoms with van der Waals surface area (Å²) in [7, 11) is 4.14. The van der Waals surface area contributed by atoms with Gasteiger partial charge in [0.25, 0.3) is 0 Å². The molecule has 3 nitrogen and oxygen atoms in total. The second-order valence-corrected chi connectivity index (χ2v) is 4.54. The molecule has 1 fully saturated rings. The predicted octanol–water partition coefficient (Wildman–Crippen LogP) is 1.15. The zero-order chi connectivity index (χ0) is 10.6. The highest BCUT2D eigenvalue weighted by atomic mass is 16.1. The number of nitrogens with zero attached hydrogens (tertiary/aromatic N) is 1. The molecule has 0 aromatic carbocycles. The largest absolute Gasteiger partial charge is 0.366 e. The van der Waals surface area contributed by atoms with Crippen LogP contribution in [0.5, 0.6) is 0 Å². The summed E-state index contributed by atoms with van der Waals surface area (Å²) in [6.07, 6.45) is 8.41. The van der Waals surface area contributed by atoms with Gasteiger partial charge in [0.1, 0.15) is 0 Å². The van der Waals surface area contributed by atoms with Crippen molar-refractivity contribution >= 4 is 5.91 Å². The maximum atomic E-state index is 10.7. The molecule has 1 aliphatic carbocycles. The fraction of sp³-hybridized carbons (Fsp3) is 0.727. The Kier molecular flexibility index (Phi) is 3.69. The van der Waals surface area contributed by atoms with Crippen LogP contribution in [0.1, 0.15) is 25.7 Å². The molecule has 1 aliphatic rings. The summed E-state index contributed by atoms with van der Waals surface area (Å²) in [6.45, 7) is 1.01. The van der Waals surface area contributed by atoms with Crippen LogP contribution in [0.3, 0.4) is 0 Å². The van der Waals surface area contributed by atoms with Crippen molar-refractivity contribution in [2.24, 2.45) is 11.1 Å². The minimum absolute atomic E-state index is 0.193. The lowest BCUT2D eigenvalue weighted by Crippen LogP contribution is -2.30. The first kappa shape index (κ1) is 11.2. The van der Waals surface area contributed by atoms with Crippen LogP contribution < -0.4 is 5.73 Å². The highest BCUT2D eigenvalue weighted by molar-refractivity contribution is 5.85. The van der Waals surface area contributed by atoms with Crippen molar-refractivity contribution in [2.45, 2.75) is 25.7 Å². The molecule has 0 spiro atoms. The number of amides is 1. The minimum atomic E-state index is -0.338. The average molecular weight is 196 g/mol. The number of carbonyl (C=O) groups is 1. The summed E-state index contributed by atoms with van der Waals surface area (Å²) in [6, 6.07) is 0. The van der Waals surface area contributed by atoms with Gasteiger partial charge in [-0.15, -0.1) is 0 Å². The quantitative estimate of drug-likeness (QED) is 0.686. The van der Waals surface area contributed by atoms with Gasteiger partial charge in [0.2, 0.25) is 5.91 Å². The van der Waals surface area contributed by atoms with E-state index in [2.05, 4.69) is 19.0 Å². The van der Waals surface area contributed by atoms with E-state index in [0.717, 1.165) is 6.54 Å². The molecule has 0 aliphatic heterocycles. The monoisotopic (exact) mass is 196 g/mol. The maximum absolute atomic E-state index is 10.7. The fourth-order valence-electron chi connectivity index (χ4n) is 2.35. The summed E-state index contributed by atoms with van der Waals surface area (Å²) in [5.74, 6) is -0.338. The van der Waals surface area contributed by atoms with Crippen LogP contribution in [0, 0.1) is 5.41 Å². The Morgan fingerprint density at radius 3 is 2.43 bits per heavy atom. The molecular formula is C11H20N2O. The summed E-state index contributed by atoms with van der Waals surface area (Å²) in [5.41, 5.74) is 5.31. The van der Waals surface area contributed by atoms with E-state index in [1.165, 1.54) is 31.8 Å². The topological polar surface area (TPSA) is 46.3 Å². The second kappa shape index (κ2) is 4.60. The molecule has 0 aromatic rings. The smallest absolute Gasteiger partial charge is 0.241 e. The lowest BCUT2D eigenvalue weighted by molar-refractivity contribution is -0.113. The highest BCUT2D eigenvalue weighted by Crippen LogP contribution is 2.39. The first-order valence-electron chi connectivity index (χ1n) is 5.17. The molecule has 1 amide bonds. The summed E-state index contributed by atoms with van der Waals surface area (Å²) in [5, 5.41) is 0. The van der Waals surface area contributed by atoms with Crippen LogP contribution in [-0.4, -0.2) is 31.4 Å². The minimum Gasteiger partial charge on any atom is -0.366 e. The Labute approximate surface area is 86.0 Å². The number of carbonyl (C=O) groups excluding carboxylic acids is 1. The van der Waals surface area contributed by atoms with Crippen molar-refractivity contribution in [3.05, 3.63) is 12.2 Å². The van der Waals surface area contributed by atoms with Gasteiger partial charge < -0.3 is 10.6 Å². The molecule has 0 saturated heterocycles. The summed E-state index contributed by atoms with van der Waals surface area (Å²) in [4.78, 5) is 12.9. The normalized spacial score (nSPS) is 20.8. The molecular weight excluding hydrogens is 176 g/mol. The Morgan fingerprint density at radius 1 is 1.43 bits per heavy atom. The van der Waals surface area contributed by atoms with Crippen LogP contribution in [0.4, 0.5) is 0 Å². The van der Waals surface area contributed by atoms with Crippen molar-refractivity contribution in [3.8, 4) is 0 Å². The molecule has 80 valence electrons. The molecule has 0 heterocycles. The molecule has 14 heavy (non-hydrogen) atoms. The number of primary amides is 1. The van der Waals surface area contributed by atoms with Crippen LogP contribution in [0.25, 0.3) is 0 Å². The highest BCUT2D eigenvalue weighted by Gasteiger charge is 2.31. The van der Waals surface area contributed by atoms with Gasteiger partial charge >= 0.3 is 0 Å². The van der Waals surface area contributed by atoms with E-state index in [0.29, 0.717) is 0 Å². The molecule has 0 atom stereocenters. The third-order valence-electron chi connectivity index (χ3n) is 2.83. The maximum Gasteiger partial charge on any atom is 0.241 e. The lowest BCUT2D eigenvalue weighted by atomic mass is 9.85. The third kappa shape index (κ3) is 3.14. The Hall–Kier alpha value is -0.830. The molecule has 0 unspecified atom stereocenters. The van der Waals surface area contributed by atoms with Gasteiger partial charge in [-0.1, -0.05) is 18.9 Å². The van der Waals surface area contributed by atoms with Gasteiger partial charge in [-0.05, 0) is 33.0 Å². The van der Waals surface area contributed by atoms with E-state index in [1.807, 2.05) is 6.08 Å². The van der Waals surface area contributed by atoms with Gasteiger partial charge in [0.15, 0.2) is 0 Å². The number of rotatable bonds is 4. The third-order valence-corrected chi connectivity index (χ3v) is 2.83. The van der Waals surface area contributed by atoms with Crippen LogP contribution in [0.15, 0.2) is 12.2 Å². The molecule has 0 aromatic heterocycles. The van der Waals surface area contributed by atoms with Crippen LogP contribution in [0.2, 0.25) is 0 Å². The molecule has 1 rings (SSSR count). The molecule has 2 N–H and O–H groups in total. The van der Waals surface area contributed by atoms with E-state index in [9.17, 15) is 4.79 Å².